The lowest BCUT2D eigenvalue weighted by Crippen LogP contribution is -2.29. The number of nitro benzene ring substituents is 1. The number of anilines is 2. The van der Waals surface area contributed by atoms with Crippen molar-refractivity contribution in [3.8, 4) is 0 Å². The monoisotopic (exact) mass is 471 g/mol. The molecule has 8 nitrogen and oxygen atoms in total. The topological polar surface area (TPSA) is 110 Å². The van der Waals surface area contributed by atoms with Crippen LogP contribution in [-0.4, -0.2) is 25.5 Å². The fourth-order valence-electron chi connectivity index (χ4n) is 3.13. The smallest absolute Gasteiger partial charge is 0.271 e. The highest BCUT2D eigenvalue weighted by atomic mass is 32.2. The third-order valence-electron chi connectivity index (χ3n) is 5.13. The molecule has 10 heteroatoms. The Bertz CT molecular complexity index is 1320. The number of aryl methyl sites for hydroxylation is 2. The molecule has 0 aliphatic heterocycles. The predicted octanol–water partition coefficient (Wildman–Crippen LogP) is 4.57. The van der Waals surface area contributed by atoms with Crippen LogP contribution in [0.4, 0.5) is 21.5 Å². The first-order chi connectivity index (χ1) is 15.5. The molecule has 33 heavy (non-hydrogen) atoms. The van der Waals surface area contributed by atoms with Crippen LogP contribution < -0.4 is 9.62 Å². The second-order valence-corrected chi connectivity index (χ2v) is 9.52. The summed E-state index contributed by atoms with van der Waals surface area (Å²) in [4.78, 5) is 22.7. The molecular weight excluding hydrogens is 449 g/mol. The van der Waals surface area contributed by atoms with E-state index >= 15 is 0 Å². The van der Waals surface area contributed by atoms with Gasteiger partial charge < -0.3 is 5.32 Å². The highest BCUT2D eigenvalue weighted by Gasteiger charge is 2.19. The Morgan fingerprint density at radius 1 is 1.03 bits per heavy atom. The van der Waals surface area contributed by atoms with Gasteiger partial charge in [-0.05, 0) is 60.9 Å². The molecule has 0 atom stereocenters. The van der Waals surface area contributed by atoms with Gasteiger partial charge in [-0.3, -0.25) is 19.2 Å². The SMILES string of the molecule is Cc1ccc(N(Cc2ccc(C(=O)Nc3cc([N+](=O)[O-])ccc3F)cc2)S(C)(=O)=O)cc1C. The van der Waals surface area contributed by atoms with E-state index < -0.39 is 26.7 Å². The van der Waals surface area contributed by atoms with Gasteiger partial charge in [0, 0.05) is 17.7 Å². The first-order valence-corrected chi connectivity index (χ1v) is 11.7. The zero-order chi connectivity index (χ0) is 24.3. The van der Waals surface area contributed by atoms with E-state index in [2.05, 4.69) is 5.32 Å². The lowest BCUT2D eigenvalue weighted by atomic mass is 10.1. The third kappa shape index (κ3) is 5.72. The number of carbonyl (C=O) groups is 1. The quantitative estimate of drug-likeness (QED) is 0.401. The molecule has 0 saturated heterocycles. The number of amides is 1. The zero-order valence-corrected chi connectivity index (χ0v) is 19.0. The number of halogens is 1. The second-order valence-electron chi connectivity index (χ2n) is 7.61. The lowest BCUT2D eigenvalue weighted by Gasteiger charge is -2.23. The van der Waals surface area contributed by atoms with Gasteiger partial charge in [0.2, 0.25) is 10.0 Å². The molecule has 0 spiro atoms. The number of rotatable bonds is 7. The van der Waals surface area contributed by atoms with Gasteiger partial charge in [-0.1, -0.05) is 18.2 Å². The number of sulfonamides is 1. The van der Waals surface area contributed by atoms with Crippen molar-refractivity contribution in [1.82, 2.24) is 0 Å². The summed E-state index contributed by atoms with van der Waals surface area (Å²) in [7, 11) is -3.57. The second kappa shape index (κ2) is 9.37. The van der Waals surface area contributed by atoms with Crippen LogP contribution in [-0.2, 0) is 16.6 Å². The number of carbonyl (C=O) groups excluding carboxylic acids is 1. The van der Waals surface area contributed by atoms with E-state index in [0.29, 0.717) is 11.3 Å². The van der Waals surface area contributed by atoms with E-state index in [1.54, 1.807) is 24.3 Å². The minimum absolute atomic E-state index is 0.0583. The van der Waals surface area contributed by atoms with Crippen molar-refractivity contribution in [3.05, 3.63) is 98.8 Å². The van der Waals surface area contributed by atoms with Crippen molar-refractivity contribution in [2.24, 2.45) is 0 Å². The summed E-state index contributed by atoms with van der Waals surface area (Å²) in [5, 5.41) is 13.2. The average Bonchev–Trinajstić information content (AvgIpc) is 2.75. The fourth-order valence-corrected chi connectivity index (χ4v) is 4.01. The molecule has 0 radical (unpaired) electrons. The summed E-state index contributed by atoms with van der Waals surface area (Å²) in [6.07, 6.45) is 1.12. The number of non-ortho nitro benzene ring substituents is 1. The van der Waals surface area contributed by atoms with Crippen LogP contribution in [0.25, 0.3) is 0 Å². The molecule has 0 heterocycles. The van der Waals surface area contributed by atoms with Crippen LogP contribution in [0.5, 0.6) is 0 Å². The van der Waals surface area contributed by atoms with Gasteiger partial charge in [-0.15, -0.1) is 0 Å². The van der Waals surface area contributed by atoms with Crippen molar-refractivity contribution >= 4 is 33.0 Å². The maximum absolute atomic E-state index is 13.9. The number of hydrogen-bond donors (Lipinski definition) is 1. The van der Waals surface area contributed by atoms with E-state index in [0.717, 1.165) is 35.6 Å². The van der Waals surface area contributed by atoms with E-state index in [1.807, 2.05) is 19.9 Å². The van der Waals surface area contributed by atoms with Gasteiger partial charge in [0.1, 0.15) is 5.82 Å². The summed E-state index contributed by atoms with van der Waals surface area (Å²) < 4.78 is 40.0. The molecule has 3 aromatic rings. The van der Waals surface area contributed by atoms with Gasteiger partial charge in [-0.2, -0.15) is 0 Å². The summed E-state index contributed by atoms with van der Waals surface area (Å²) in [5.74, 6) is -1.46. The number of benzene rings is 3. The van der Waals surface area contributed by atoms with Gasteiger partial charge in [-0.25, -0.2) is 12.8 Å². The highest BCUT2D eigenvalue weighted by molar-refractivity contribution is 7.92. The average molecular weight is 472 g/mol. The third-order valence-corrected chi connectivity index (χ3v) is 6.27. The van der Waals surface area contributed by atoms with Crippen LogP contribution in [0.3, 0.4) is 0 Å². The predicted molar refractivity (Wildman–Crippen MR) is 124 cm³/mol. The van der Waals surface area contributed by atoms with E-state index in [9.17, 15) is 27.7 Å². The summed E-state index contributed by atoms with van der Waals surface area (Å²) in [6, 6.07) is 14.4. The Morgan fingerprint density at radius 3 is 2.27 bits per heavy atom. The summed E-state index contributed by atoms with van der Waals surface area (Å²) in [6.45, 7) is 3.90. The van der Waals surface area contributed by atoms with Crippen LogP contribution in [0.2, 0.25) is 0 Å². The van der Waals surface area contributed by atoms with Crippen LogP contribution >= 0.6 is 0 Å². The van der Waals surface area contributed by atoms with Gasteiger partial charge >= 0.3 is 0 Å². The largest absolute Gasteiger partial charge is 0.319 e. The van der Waals surface area contributed by atoms with E-state index in [1.165, 1.54) is 16.4 Å². The molecular formula is C23H22FN3O5S. The number of nitro groups is 1. The standard InChI is InChI=1S/C23H22FN3O5S/c1-15-4-9-19(12-16(15)2)26(33(3,31)32)14-17-5-7-18(8-6-17)23(28)25-22-13-20(27(29)30)10-11-21(22)24/h4-13H,14H2,1-3H3,(H,25,28). The maximum Gasteiger partial charge on any atom is 0.271 e. The van der Waals surface area contributed by atoms with Crippen molar-refractivity contribution in [1.29, 1.82) is 0 Å². The van der Waals surface area contributed by atoms with Gasteiger partial charge in [0.25, 0.3) is 11.6 Å². The Hall–Kier alpha value is -3.79. The molecule has 0 aliphatic carbocycles. The minimum Gasteiger partial charge on any atom is -0.319 e. The molecule has 0 unspecified atom stereocenters. The molecule has 3 rings (SSSR count). The molecule has 172 valence electrons. The molecule has 0 bridgehead atoms. The van der Waals surface area contributed by atoms with E-state index in [4.69, 9.17) is 0 Å². The van der Waals surface area contributed by atoms with Crippen molar-refractivity contribution in [2.45, 2.75) is 20.4 Å². The number of nitrogens with zero attached hydrogens (tertiary/aromatic N) is 2. The summed E-state index contributed by atoms with van der Waals surface area (Å²) in [5.41, 5.74) is 2.69. The Morgan fingerprint density at radius 2 is 1.70 bits per heavy atom. The van der Waals surface area contributed by atoms with E-state index in [-0.39, 0.29) is 23.5 Å². The van der Waals surface area contributed by atoms with Gasteiger partial charge in [0.05, 0.1) is 29.1 Å². The zero-order valence-electron chi connectivity index (χ0n) is 18.2. The highest BCUT2D eigenvalue weighted by Crippen LogP contribution is 2.24. The first-order valence-electron chi connectivity index (χ1n) is 9.85. The first kappa shape index (κ1) is 23.9. The van der Waals surface area contributed by atoms with Crippen LogP contribution in [0.1, 0.15) is 27.0 Å². The molecule has 0 aliphatic rings. The molecule has 1 amide bonds. The fraction of sp³-hybridized carbons (Fsp3) is 0.174. The Balaban J connectivity index is 1.80. The summed E-state index contributed by atoms with van der Waals surface area (Å²) >= 11 is 0. The lowest BCUT2D eigenvalue weighted by molar-refractivity contribution is -0.384. The molecule has 0 saturated carbocycles. The van der Waals surface area contributed by atoms with Gasteiger partial charge in [0.15, 0.2) is 0 Å². The Labute approximate surface area is 190 Å². The van der Waals surface area contributed by atoms with Crippen molar-refractivity contribution in [2.75, 3.05) is 15.9 Å². The van der Waals surface area contributed by atoms with Crippen LogP contribution in [0, 0.1) is 29.8 Å². The molecule has 0 fully saturated rings. The van der Waals surface area contributed by atoms with Crippen molar-refractivity contribution < 1.29 is 22.5 Å². The molecule has 0 aromatic heterocycles. The molecule has 3 aromatic carbocycles. The van der Waals surface area contributed by atoms with Crippen molar-refractivity contribution in [3.63, 3.8) is 0 Å². The Kier molecular flexibility index (Phi) is 6.78. The maximum atomic E-state index is 13.9. The normalized spacial score (nSPS) is 11.2. The van der Waals surface area contributed by atoms with Crippen LogP contribution in [0.15, 0.2) is 60.7 Å². The molecule has 1 N–H and O–H groups in total. The number of nitrogens with one attached hydrogen (secondary N) is 1. The number of hydrogen-bond acceptors (Lipinski definition) is 5. The minimum atomic E-state index is -3.57.